The van der Waals surface area contributed by atoms with Crippen LogP contribution in [0.25, 0.3) is 0 Å². The van der Waals surface area contributed by atoms with E-state index in [2.05, 4.69) is 5.32 Å². The second kappa shape index (κ2) is 12.6. The third kappa shape index (κ3) is 6.43. The first-order valence-electron chi connectivity index (χ1n) is 13.8. The van der Waals surface area contributed by atoms with Gasteiger partial charge >= 0.3 is 0 Å². The van der Waals surface area contributed by atoms with Crippen LogP contribution in [-0.4, -0.2) is 54.6 Å². The van der Waals surface area contributed by atoms with E-state index >= 15 is 0 Å². The van der Waals surface area contributed by atoms with Crippen LogP contribution < -0.4 is 5.32 Å². The Balaban J connectivity index is 1.36. The fourth-order valence-electron chi connectivity index (χ4n) is 5.73. The molecule has 0 spiro atoms. The SMILES string of the molecule is O=C(N[C@@H]1CCCC[C@H]1N(Cc1ccc(Cl)cc1)S(=O)(=O)c1ccccc1)C1CCCN(C(=O)c2ccco2)C1. The lowest BCUT2D eigenvalue weighted by atomic mass is 9.88. The van der Waals surface area contributed by atoms with Crippen LogP contribution in [0, 0.1) is 5.92 Å². The van der Waals surface area contributed by atoms with E-state index in [0.29, 0.717) is 43.8 Å². The molecule has 2 fully saturated rings. The fraction of sp³-hybridized carbons (Fsp3) is 0.400. The van der Waals surface area contributed by atoms with Gasteiger partial charge in [0, 0.05) is 36.7 Å². The largest absolute Gasteiger partial charge is 0.459 e. The average molecular weight is 584 g/mol. The van der Waals surface area contributed by atoms with Gasteiger partial charge in [-0.3, -0.25) is 9.59 Å². The molecule has 1 saturated heterocycles. The normalized spacial score (nSPS) is 21.8. The summed E-state index contributed by atoms with van der Waals surface area (Å²) in [5.41, 5.74) is 0.818. The van der Waals surface area contributed by atoms with Crippen molar-refractivity contribution >= 4 is 33.4 Å². The van der Waals surface area contributed by atoms with Crippen LogP contribution in [0.2, 0.25) is 5.02 Å². The Morgan fingerprint density at radius 2 is 1.70 bits per heavy atom. The van der Waals surface area contributed by atoms with E-state index in [-0.39, 0.29) is 41.0 Å². The van der Waals surface area contributed by atoms with Crippen molar-refractivity contribution < 1.29 is 22.4 Å². The third-order valence-electron chi connectivity index (χ3n) is 7.84. The maximum absolute atomic E-state index is 14.0. The van der Waals surface area contributed by atoms with Crippen molar-refractivity contribution in [2.75, 3.05) is 13.1 Å². The first-order valence-corrected chi connectivity index (χ1v) is 15.6. The van der Waals surface area contributed by atoms with Crippen molar-refractivity contribution in [3.63, 3.8) is 0 Å². The van der Waals surface area contributed by atoms with Gasteiger partial charge in [0.05, 0.1) is 17.1 Å². The van der Waals surface area contributed by atoms with E-state index in [1.807, 2.05) is 12.1 Å². The van der Waals surface area contributed by atoms with E-state index in [1.165, 1.54) is 6.26 Å². The zero-order valence-corrected chi connectivity index (χ0v) is 23.8. The molecule has 40 heavy (non-hydrogen) atoms. The van der Waals surface area contributed by atoms with Gasteiger partial charge in [0.25, 0.3) is 5.91 Å². The van der Waals surface area contributed by atoms with Gasteiger partial charge in [-0.1, -0.05) is 54.8 Å². The van der Waals surface area contributed by atoms with Crippen molar-refractivity contribution in [2.24, 2.45) is 5.92 Å². The molecule has 1 saturated carbocycles. The van der Waals surface area contributed by atoms with Gasteiger partial charge < -0.3 is 14.6 Å². The number of carbonyl (C=O) groups excluding carboxylic acids is 2. The number of sulfonamides is 1. The zero-order valence-electron chi connectivity index (χ0n) is 22.2. The molecule has 212 valence electrons. The number of nitrogens with zero attached hydrogens (tertiary/aromatic N) is 2. The second-order valence-electron chi connectivity index (χ2n) is 10.5. The summed E-state index contributed by atoms with van der Waals surface area (Å²) < 4.78 is 34.8. The summed E-state index contributed by atoms with van der Waals surface area (Å²) in [4.78, 5) is 28.3. The second-order valence-corrected chi connectivity index (χ2v) is 12.9. The maximum atomic E-state index is 14.0. The fourth-order valence-corrected chi connectivity index (χ4v) is 7.56. The van der Waals surface area contributed by atoms with Gasteiger partial charge in [-0.15, -0.1) is 0 Å². The van der Waals surface area contributed by atoms with Gasteiger partial charge in [-0.2, -0.15) is 4.31 Å². The summed E-state index contributed by atoms with van der Waals surface area (Å²) in [7, 11) is -3.86. The quantitative estimate of drug-likeness (QED) is 0.397. The highest BCUT2D eigenvalue weighted by molar-refractivity contribution is 7.89. The van der Waals surface area contributed by atoms with Crippen molar-refractivity contribution in [3.05, 3.63) is 89.3 Å². The minimum Gasteiger partial charge on any atom is -0.459 e. The topological polar surface area (TPSA) is 99.9 Å². The van der Waals surface area contributed by atoms with E-state index in [9.17, 15) is 18.0 Å². The molecule has 10 heteroatoms. The number of amides is 2. The van der Waals surface area contributed by atoms with Crippen LogP contribution in [0.5, 0.6) is 0 Å². The molecule has 1 unspecified atom stereocenters. The van der Waals surface area contributed by atoms with E-state index in [4.69, 9.17) is 16.0 Å². The summed E-state index contributed by atoms with van der Waals surface area (Å²) in [6.45, 7) is 1.04. The Bertz CT molecular complexity index is 1400. The van der Waals surface area contributed by atoms with Crippen LogP contribution >= 0.6 is 11.6 Å². The van der Waals surface area contributed by atoms with Crippen molar-refractivity contribution in [1.29, 1.82) is 0 Å². The van der Waals surface area contributed by atoms with Crippen molar-refractivity contribution in [1.82, 2.24) is 14.5 Å². The molecular weight excluding hydrogens is 550 g/mol. The predicted octanol–water partition coefficient (Wildman–Crippen LogP) is 5.10. The summed E-state index contributed by atoms with van der Waals surface area (Å²) in [5, 5.41) is 3.78. The number of rotatable bonds is 8. The molecule has 2 aliphatic rings. The lowest BCUT2D eigenvalue weighted by Gasteiger charge is -2.40. The van der Waals surface area contributed by atoms with Gasteiger partial charge in [-0.25, -0.2) is 8.42 Å². The number of piperidine rings is 1. The van der Waals surface area contributed by atoms with Crippen molar-refractivity contribution in [3.8, 4) is 0 Å². The monoisotopic (exact) mass is 583 g/mol. The minimum absolute atomic E-state index is 0.141. The number of nitrogens with one attached hydrogen (secondary N) is 1. The number of hydrogen-bond donors (Lipinski definition) is 1. The minimum atomic E-state index is -3.86. The summed E-state index contributed by atoms with van der Waals surface area (Å²) in [6.07, 6.45) is 5.93. The number of carbonyl (C=O) groups is 2. The number of furan rings is 1. The van der Waals surface area contributed by atoms with Gasteiger partial charge in [0.15, 0.2) is 5.76 Å². The van der Waals surface area contributed by atoms with Crippen molar-refractivity contribution in [2.45, 2.75) is 62.0 Å². The molecule has 8 nitrogen and oxygen atoms in total. The number of likely N-dealkylation sites (tertiary alicyclic amines) is 1. The maximum Gasteiger partial charge on any atom is 0.289 e. The standard InChI is InChI=1S/C30H34ClN3O5S/c31-24-16-14-22(15-17-24)20-34(40(37,38)25-9-2-1-3-10-25)27-12-5-4-11-26(27)32-29(35)23-8-6-18-33(21-23)30(36)28-13-7-19-39-28/h1-3,7,9-10,13-17,19,23,26-27H,4-6,8,11-12,18,20-21H2,(H,32,35)/t23?,26-,27-/m1/s1. The molecule has 0 radical (unpaired) electrons. The first-order chi connectivity index (χ1) is 19.3. The molecule has 0 bridgehead atoms. The molecule has 2 heterocycles. The van der Waals surface area contributed by atoms with E-state index in [0.717, 1.165) is 18.4 Å². The first kappa shape index (κ1) is 28.4. The summed E-state index contributed by atoms with van der Waals surface area (Å²) >= 11 is 6.09. The van der Waals surface area contributed by atoms with Crippen LogP contribution in [0.15, 0.2) is 82.3 Å². The molecule has 2 amide bonds. The highest BCUT2D eigenvalue weighted by Crippen LogP contribution is 2.31. The molecule has 5 rings (SSSR count). The smallest absolute Gasteiger partial charge is 0.289 e. The highest BCUT2D eigenvalue weighted by Gasteiger charge is 2.40. The molecule has 1 aliphatic heterocycles. The number of halogens is 1. The van der Waals surface area contributed by atoms with Crippen LogP contribution in [0.4, 0.5) is 0 Å². The molecule has 1 N–H and O–H groups in total. The Kier molecular flexibility index (Phi) is 8.93. The van der Waals surface area contributed by atoms with Gasteiger partial charge in [-0.05, 0) is 67.6 Å². The molecule has 2 aromatic carbocycles. The highest BCUT2D eigenvalue weighted by atomic mass is 35.5. The molecule has 3 aromatic rings. The predicted molar refractivity (Wildman–Crippen MR) is 152 cm³/mol. The molecule has 1 aliphatic carbocycles. The van der Waals surface area contributed by atoms with Crippen LogP contribution in [0.1, 0.15) is 54.6 Å². The molecule has 3 atom stereocenters. The number of hydrogen-bond acceptors (Lipinski definition) is 5. The van der Waals surface area contributed by atoms with E-state index < -0.39 is 16.1 Å². The van der Waals surface area contributed by atoms with Crippen LogP contribution in [0.3, 0.4) is 0 Å². The van der Waals surface area contributed by atoms with Gasteiger partial charge in [0.1, 0.15) is 0 Å². The van der Waals surface area contributed by atoms with Gasteiger partial charge in [0.2, 0.25) is 15.9 Å². The lowest BCUT2D eigenvalue weighted by molar-refractivity contribution is -0.127. The van der Waals surface area contributed by atoms with Crippen LogP contribution in [-0.2, 0) is 21.4 Å². The zero-order chi connectivity index (χ0) is 28.1. The Labute approximate surface area is 240 Å². The summed E-state index contributed by atoms with van der Waals surface area (Å²) in [6, 6.07) is 18.1. The Morgan fingerprint density at radius 1 is 0.950 bits per heavy atom. The Hall–Kier alpha value is -3.14. The third-order valence-corrected chi connectivity index (χ3v) is 9.98. The van der Waals surface area contributed by atoms with E-state index in [1.54, 1.807) is 63.8 Å². The molecular formula is C30H34ClN3O5S. The average Bonchev–Trinajstić information content (AvgIpc) is 3.53. The summed E-state index contributed by atoms with van der Waals surface area (Å²) in [5.74, 6) is -0.471. The molecule has 1 aromatic heterocycles. The number of benzene rings is 2. The lowest BCUT2D eigenvalue weighted by Crippen LogP contribution is -2.56. The Morgan fingerprint density at radius 3 is 2.42 bits per heavy atom.